The zero-order valence-electron chi connectivity index (χ0n) is 14.0. The summed E-state index contributed by atoms with van der Waals surface area (Å²) < 4.78 is 6.11. The molecule has 1 aliphatic heterocycles. The molecule has 3 nitrogen and oxygen atoms in total. The van der Waals surface area contributed by atoms with E-state index in [9.17, 15) is 5.11 Å². The van der Waals surface area contributed by atoms with Crippen molar-refractivity contribution in [2.24, 2.45) is 5.92 Å². The van der Waals surface area contributed by atoms with Crippen molar-refractivity contribution in [2.45, 2.75) is 51.9 Å². The van der Waals surface area contributed by atoms with Gasteiger partial charge in [-0.2, -0.15) is 0 Å². The normalized spacial score (nSPS) is 24.5. The van der Waals surface area contributed by atoms with Gasteiger partial charge in [0.2, 0.25) is 0 Å². The highest BCUT2D eigenvalue weighted by atomic mass is 16.5. The van der Waals surface area contributed by atoms with Crippen LogP contribution in [0.4, 0.5) is 0 Å². The highest BCUT2D eigenvalue weighted by Gasteiger charge is 2.38. The Bertz CT molecular complexity index is 440. The van der Waals surface area contributed by atoms with Gasteiger partial charge < -0.3 is 9.84 Å². The molecule has 2 atom stereocenters. The first-order valence-corrected chi connectivity index (χ1v) is 7.84. The van der Waals surface area contributed by atoms with Gasteiger partial charge >= 0.3 is 0 Å². The third-order valence-corrected chi connectivity index (χ3v) is 3.99. The second-order valence-corrected chi connectivity index (χ2v) is 7.62. The third-order valence-electron chi connectivity index (χ3n) is 3.99. The van der Waals surface area contributed by atoms with E-state index in [0.717, 1.165) is 25.2 Å². The van der Waals surface area contributed by atoms with Gasteiger partial charge in [0.25, 0.3) is 0 Å². The lowest BCUT2D eigenvalue weighted by atomic mass is 9.94. The van der Waals surface area contributed by atoms with Crippen LogP contribution in [0.3, 0.4) is 0 Å². The molecule has 0 bridgehead atoms. The molecule has 1 aromatic carbocycles. The van der Waals surface area contributed by atoms with Crippen molar-refractivity contribution in [3.05, 3.63) is 35.9 Å². The fourth-order valence-corrected chi connectivity index (χ4v) is 3.56. The first-order valence-electron chi connectivity index (χ1n) is 7.84. The Morgan fingerprint density at radius 3 is 2.14 bits per heavy atom. The Balaban J connectivity index is 2.00. The number of hydrogen-bond donors (Lipinski definition) is 1. The number of morpholine rings is 1. The van der Waals surface area contributed by atoms with Gasteiger partial charge in [-0.25, -0.2) is 0 Å². The van der Waals surface area contributed by atoms with Crippen molar-refractivity contribution in [2.75, 3.05) is 19.6 Å². The van der Waals surface area contributed by atoms with Crippen molar-refractivity contribution >= 4 is 0 Å². The van der Waals surface area contributed by atoms with Crippen LogP contribution in [0.1, 0.15) is 46.3 Å². The Morgan fingerprint density at radius 2 is 1.62 bits per heavy atom. The summed E-state index contributed by atoms with van der Waals surface area (Å²) >= 11 is 0. The molecular formula is C18H29NO2. The van der Waals surface area contributed by atoms with E-state index in [1.54, 1.807) is 0 Å². The van der Waals surface area contributed by atoms with Crippen LogP contribution in [0.25, 0.3) is 0 Å². The van der Waals surface area contributed by atoms with E-state index in [-0.39, 0.29) is 17.1 Å². The second kappa shape index (κ2) is 6.07. The highest BCUT2D eigenvalue weighted by Crippen LogP contribution is 2.30. The first-order chi connectivity index (χ1) is 9.69. The minimum atomic E-state index is -0.416. The summed E-state index contributed by atoms with van der Waals surface area (Å²) in [5.74, 6) is 0.192. The van der Waals surface area contributed by atoms with Gasteiger partial charge in [0, 0.05) is 19.6 Å². The molecule has 2 rings (SSSR count). The average molecular weight is 291 g/mol. The third kappa shape index (κ3) is 4.53. The maximum absolute atomic E-state index is 10.5. The number of hydrogen-bond acceptors (Lipinski definition) is 3. The average Bonchev–Trinajstić information content (AvgIpc) is 2.35. The van der Waals surface area contributed by atoms with Crippen LogP contribution in [0.2, 0.25) is 0 Å². The van der Waals surface area contributed by atoms with Crippen molar-refractivity contribution in [3.63, 3.8) is 0 Å². The maximum atomic E-state index is 10.5. The molecule has 1 N–H and O–H groups in total. The largest absolute Gasteiger partial charge is 0.388 e. The van der Waals surface area contributed by atoms with Crippen molar-refractivity contribution in [3.8, 4) is 0 Å². The van der Waals surface area contributed by atoms with Gasteiger partial charge in [0.15, 0.2) is 0 Å². The quantitative estimate of drug-likeness (QED) is 0.924. The summed E-state index contributed by atoms with van der Waals surface area (Å²) in [6.45, 7) is 13.4. The standard InChI is InChI=1S/C18H29NO2/c1-14(16(20)15-9-7-6-8-10-15)11-19-12-17(2,3)21-18(4,5)13-19/h6-10,14,16,20H,11-13H2,1-5H3. The zero-order chi connectivity index (χ0) is 15.7. The van der Waals surface area contributed by atoms with Crippen molar-refractivity contribution < 1.29 is 9.84 Å². The first kappa shape index (κ1) is 16.5. The minimum Gasteiger partial charge on any atom is -0.388 e. The summed E-state index contributed by atoms with van der Waals surface area (Å²) in [6.07, 6.45) is -0.416. The van der Waals surface area contributed by atoms with Crippen LogP contribution in [0, 0.1) is 5.92 Å². The van der Waals surface area contributed by atoms with Crippen LogP contribution < -0.4 is 0 Å². The van der Waals surface area contributed by atoms with E-state index in [0.29, 0.717) is 0 Å². The molecule has 0 spiro atoms. The van der Waals surface area contributed by atoms with Crippen LogP contribution in [0.5, 0.6) is 0 Å². The lowest BCUT2D eigenvalue weighted by Gasteiger charge is -2.48. The van der Waals surface area contributed by atoms with Gasteiger partial charge in [0.1, 0.15) is 0 Å². The number of rotatable bonds is 4. The van der Waals surface area contributed by atoms with Crippen molar-refractivity contribution in [1.82, 2.24) is 4.90 Å². The molecule has 118 valence electrons. The van der Waals surface area contributed by atoms with Crippen LogP contribution >= 0.6 is 0 Å². The Kier molecular flexibility index (Phi) is 4.76. The number of aliphatic hydroxyl groups excluding tert-OH is 1. The molecule has 1 saturated heterocycles. The molecule has 2 unspecified atom stereocenters. The predicted octanol–water partition coefficient (Wildman–Crippen LogP) is 3.25. The molecule has 0 aliphatic carbocycles. The number of benzene rings is 1. The van der Waals surface area contributed by atoms with Crippen LogP contribution in [-0.2, 0) is 4.74 Å². The summed E-state index contributed by atoms with van der Waals surface area (Å²) in [4.78, 5) is 2.42. The van der Waals surface area contributed by atoms with Crippen LogP contribution in [0.15, 0.2) is 30.3 Å². The molecule has 1 aliphatic rings. The summed E-state index contributed by atoms with van der Waals surface area (Å²) in [5.41, 5.74) is 0.718. The molecule has 0 saturated carbocycles. The van der Waals surface area contributed by atoms with E-state index >= 15 is 0 Å². The topological polar surface area (TPSA) is 32.7 Å². The van der Waals surface area contributed by atoms with E-state index in [1.165, 1.54) is 0 Å². The molecule has 1 aromatic rings. The molecule has 0 radical (unpaired) electrons. The van der Waals surface area contributed by atoms with E-state index in [4.69, 9.17) is 4.74 Å². The Labute approximate surface area is 128 Å². The fraction of sp³-hybridized carbons (Fsp3) is 0.667. The number of nitrogens with zero attached hydrogens (tertiary/aromatic N) is 1. The highest BCUT2D eigenvalue weighted by molar-refractivity contribution is 5.17. The van der Waals surface area contributed by atoms with E-state index in [1.807, 2.05) is 30.3 Å². The maximum Gasteiger partial charge on any atom is 0.0827 e. The van der Waals surface area contributed by atoms with Gasteiger partial charge in [0.05, 0.1) is 17.3 Å². The zero-order valence-corrected chi connectivity index (χ0v) is 14.0. The molecule has 1 heterocycles. The summed E-state index contributed by atoms with van der Waals surface area (Å²) in [5, 5.41) is 10.5. The molecule has 3 heteroatoms. The van der Waals surface area contributed by atoms with Crippen LogP contribution in [-0.4, -0.2) is 40.8 Å². The molecule has 0 aromatic heterocycles. The van der Waals surface area contributed by atoms with Gasteiger partial charge in [-0.15, -0.1) is 0 Å². The summed E-state index contributed by atoms with van der Waals surface area (Å²) in [6, 6.07) is 9.93. The smallest absolute Gasteiger partial charge is 0.0827 e. The molecular weight excluding hydrogens is 262 g/mol. The number of aliphatic hydroxyl groups is 1. The fourth-order valence-electron chi connectivity index (χ4n) is 3.56. The second-order valence-electron chi connectivity index (χ2n) is 7.62. The van der Waals surface area contributed by atoms with E-state index in [2.05, 4.69) is 39.5 Å². The Hall–Kier alpha value is -0.900. The monoisotopic (exact) mass is 291 g/mol. The Morgan fingerprint density at radius 1 is 1.10 bits per heavy atom. The van der Waals surface area contributed by atoms with Gasteiger partial charge in [-0.1, -0.05) is 37.3 Å². The predicted molar refractivity (Wildman–Crippen MR) is 86.2 cm³/mol. The lowest BCUT2D eigenvalue weighted by molar-refractivity contribution is -0.183. The molecule has 21 heavy (non-hydrogen) atoms. The molecule has 1 fully saturated rings. The van der Waals surface area contributed by atoms with Gasteiger partial charge in [-0.05, 0) is 39.2 Å². The minimum absolute atomic E-state index is 0.140. The summed E-state index contributed by atoms with van der Waals surface area (Å²) in [7, 11) is 0. The SMILES string of the molecule is CC(CN1CC(C)(C)OC(C)(C)C1)C(O)c1ccccc1. The van der Waals surface area contributed by atoms with Gasteiger partial charge in [-0.3, -0.25) is 4.90 Å². The lowest BCUT2D eigenvalue weighted by Crippen LogP contribution is -2.58. The molecule has 0 amide bonds. The van der Waals surface area contributed by atoms with E-state index < -0.39 is 6.10 Å². The number of ether oxygens (including phenoxy) is 1. The van der Waals surface area contributed by atoms with Crippen molar-refractivity contribution in [1.29, 1.82) is 0 Å².